The van der Waals surface area contributed by atoms with Gasteiger partial charge in [-0.1, -0.05) is 24.3 Å². The Kier molecular flexibility index (Phi) is 6.85. The normalized spacial score (nSPS) is 16.9. The minimum Gasteiger partial charge on any atom is -0.493 e. The van der Waals surface area contributed by atoms with Crippen LogP contribution in [-0.2, 0) is 14.6 Å². The fourth-order valence-corrected chi connectivity index (χ4v) is 4.78. The molecule has 0 bridgehead atoms. The molecule has 0 saturated carbocycles. The third-order valence-electron chi connectivity index (χ3n) is 4.76. The summed E-state index contributed by atoms with van der Waals surface area (Å²) in [6, 6.07) is 14.9. The predicted molar refractivity (Wildman–Crippen MR) is 133 cm³/mol. The van der Waals surface area contributed by atoms with Crippen LogP contribution in [0.2, 0.25) is 0 Å². The molecule has 9 nitrogen and oxygen atoms in total. The number of amides is 1. The van der Waals surface area contributed by atoms with Crippen LogP contribution in [-0.4, -0.2) is 54.2 Å². The fraction of sp³-hybridized carbons (Fsp3) is 0.217. The van der Waals surface area contributed by atoms with Crippen molar-refractivity contribution >= 4 is 49.0 Å². The molecule has 0 fully saturated rings. The number of amidine groups is 2. The summed E-state index contributed by atoms with van der Waals surface area (Å²) in [6.07, 6.45) is 3.25. The lowest BCUT2D eigenvalue weighted by molar-refractivity contribution is -0.114. The SMILES string of the molecule is Cc1cccc(OCCCOc2ccc(/C=C3\C(=N)N4N=C(S(C)(=O)=O)SC4=NC3=O)cc2)c1. The van der Waals surface area contributed by atoms with Gasteiger partial charge in [0, 0.05) is 12.7 Å². The molecule has 11 heteroatoms. The Bertz CT molecular complexity index is 1330. The Morgan fingerprint density at radius 2 is 1.79 bits per heavy atom. The summed E-state index contributed by atoms with van der Waals surface area (Å²) in [4.78, 5) is 16.3. The molecule has 2 heterocycles. The van der Waals surface area contributed by atoms with Crippen molar-refractivity contribution in [1.29, 1.82) is 5.41 Å². The highest BCUT2D eigenvalue weighted by molar-refractivity contribution is 8.42. The maximum absolute atomic E-state index is 12.4. The third kappa shape index (κ3) is 5.54. The first kappa shape index (κ1) is 23.7. The van der Waals surface area contributed by atoms with E-state index in [0.717, 1.165) is 40.8 Å². The van der Waals surface area contributed by atoms with Crippen LogP contribution in [0.5, 0.6) is 11.5 Å². The molecule has 0 unspecified atom stereocenters. The van der Waals surface area contributed by atoms with Crippen molar-refractivity contribution in [1.82, 2.24) is 5.01 Å². The van der Waals surface area contributed by atoms with Gasteiger partial charge in [0.25, 0.3) is 5.91 Å². The topological polar surface area (TPSA) is 121 Å². The average Bonchev–Trinajstić information content (AvgIpc) is 3.22. The molecule has 0 saturated heterocycles. The number of fused-ring (bicyclic) bond motifs is 1. The number of hydrogen-bond donors (Lipinski definition) is 1. The van der Waals surface area contributed by atoms with Gasteiger partial charge in [-0.3, -0.25) is 10.2 Å². The molecule has 0 aromatic heterocycles. The van der Waals surface area contributed by atoms with Gasteiger partial charge < -0.3 is 9.47 Å². The van der Waals surface area contributed by atoms with E-state index >= 15 is 0 Å². The van der Waals surface area contributed by atoms with Gasteiger partial charge in [0.05, 0.1) is 18.8 Å². The molecule has 2 aliphatic heterocycles. The number of benzene rings is 2. The number of hydrazone groups is 1. The Morgan fingerprint density at radius 1 is 1.09 bits per heavy atom. The Morgan fingerprint density at radius 3 is 2.47 bits per heavy atom. The van der Waals surface area contributed by atoms with E-state index in [1.807, 2.05) is 31.2 Å². The predicted octanol–water partition coefficient (Wildman–Crippen LogP) is 3.46. The van der Waals surface area contributed by atoms with Crippen LogP contribution in [0.15, 0.2) is 64.2 Å². The molecule has 4 rings (SSSR count). The summed E-state index contributed by atoms with van der Waals surface area (Å²) in [5.74, 6) is 0.654. The van der Waals surface area contributed by atoms with Crippen molar-refractivity contribution in [2.45, 2.75) is 13.3 Å². The van der Waals surface area contributed by atoms with Crippen LogP contribution in [0, 0.1) is 12.3 Å². The molecule has 176 valence electrons. The van der Waals surface area contributed by atoms with Crippen LogP contribution >= 0.6 is 11.8 Å². The van der Waals surface area contributed by atoms with E-state index in [1.165, 1.54) is 6.08 Å². The first-order chi connectivity index (χ1) is 16.2. The van der Waals surface area contributed by atoms with Crippen molar-refractivity contribution in [2.75, 3.05) is 19.5 Å². The van der Waals surface area contributed by atoms with Crippen molar-refractivity contribution < 1.29 is 22.7 Å². The number of nitrogens with one attached hydrogen (secondary N) is 1. The molecule has 2 aliphatic rings. The molecule has 1 amide bonds. The van der Waals surface area contributed by atoms with Gasteiger partial charge in [-0.15, -0.1) is 5.10 Å². The molecule has 0 atom stereocenters. The average molecular weight is 499 g/mol. The van der Waals surface area contributed by atoms with Gasteiger partial charge in [-0.25, -0.2) is 8.42 Å². The lowest BCUT2D eigenvalue weighted by Crippen LogP contribution is -2.35. The summed E-state index contributed by atoms with van der Waals surface area (Å²) in [5.41, 5.74) is 1.83. The second-order valence-corrected chi connectivity index (χ2v) is 10.7. The van der Waals surface area contributed by atoms with Crippen LogP contribution in [0.25, 0.3) is 6.08 Å². The Balaban J connectivity index is 1.34. The molecule has 2 aromatic carbocycles. The van der Waals surface area contributed by atoms with Gasteiger partial charge in [-0.2, -0.15) is 10.0 Å². The standard InChI is InChI=1S/C23H22N4O5S2/c1-15-5-3-6-18(13-15)32-12-4-11-31-17-9-7-16(8-10-17)14-19-20(24)27-22(25-21(19)28)33-23(26-27)34(2,29)30/h3,5-10,13-14,24H,4,11-12H2,1-2H3/b19-14+,24-20?. The summed E-state index contributed by atoms with van der Waals surface area (Å²) in [5, 5.41) is 13.3. The number of rotatable bonds is 7. The Labute approximate surface area is 201 Å². The maximum Gasteiger partial charge on any atom is 0.283 e. The number of carbonyl (C=O) groups excluding carboxylic acids is 1. The van der Waals surface area contributed by atoms with E-state index in [9.17, 15) is 13.2 Å². The largest absolute Gasteiger partial charge is 0.493 e. The number of thioether (sulfide) groups is 1. The number of aliphatic imine (C=N–C) groups is 1. The van der Waals surface area contributed by atoms with E-state index in [2.05, 4.69) is 10.1 Å². The monoisotopic (exact) mass is 498 g/mol. The zero-order chi connectivity index (χ0) is 24.3. The molecule has 1 N–H and O–H groups in total. The van der Waals surface area contributed by atoms with Crippen molar-refractivity contribution in [2.24, 2.45) is 10.1 Å². The van der Waals surface area contributed by atoms with E-state index in [0.29, 0.717) is 24.5 Å². The third-order valence-corrected chi connectivity index (χ3v) is 7.34. The smallest absolute Gasteiger partial charge is 0.283 e. The number of hydrogen-bond acceptors (Lipinski definition) is 8. The van der Waals surface area contributed by atoms with Crippen LogP contribution in [0.3, 0.4) is 0 Å². The van der Waals surface area contributed by atoms with Crippen molar-refractivity contribution in [3.8, 4) is 11.5 Å². The second kappa shape index (κ2) is 9.82. The van der Waals surface area contributed by atoms with Gasteiger partial charge in [0.1, 0.15) is 11.5 Å². The van der Waals surface area contributed by atoms with E-state index in [-0.39, 0.29) is 21.0 Å². The van der Waals surface area contributed by atoms with Crippen molar-refractivity contribution in [3.63, 3.8) is 0 Å². The number of sulfone groups is 1. The van der Waals surface area contributed by atoms with Crippen LogP contribution in [0.1, 0.15) is 17.5 Å². The molecular formula is C23H22N4O5S2. The summed E-state index contributed by atoms with van der Waals surface area (Å²) < 4.78 is 34.7. The summed E-state index contributed by atoms with van der Waals surface area (Å²) in [6.45, 7) is 3.04. The lowest BCUT2D eigenvalue weighted by Gasteiger charge is -2.20. The molecule has 34 heavy (non-hydrogen) atoms. The fourth-order valence-electron chi connectivity index (χ4n) is 3.10. The second-order valence-electron chi connectivity index (χ2n) is 7.59. The van der Waals surface area contributed by atoms with E-state index < -0.39 is 15.7 Å². The summed E-state index contributed by atoms with van der Waals surface area (Å²) in [7, 11) is -3.57. The van der Waals surface area contributed by atoms with Gasteiger partial charge in [0.15, 0.2) is 5.84 Å². The zero-order valence-corrected chi connectivity index (χ0v) is 20.1. The first-order valence-corrected chi connectivity index (χ1v) is 13.0. The minimum atomic E-state index is -3.57. The van der Waals surface area contributed by atoms with E-state index in [4.69, 9.17) is 14.9 Å². The highest BCUT2D eigenvalue weighted by Crippen LogP contribution is 2.30. The number of ether oxygens (including phenoxy) is 2. The zero-order valence-electron chi connectivity index (χ0n) is 18.5. The summed E-state index contributed by atoms with van der Waals surface area (Å²) >= 11 is 0.753. The quantitative estimate of drug-likeness (QED) is 0.458. The highest BCUT2D eigenvalue weighted by atomic mass is 32.3. The molecular weight excluding hydrogens is 476 g/mol. The lowest BCUT2D eigenvalue weighted by atomic mass is 10.1. The molecule has 0 spiro atoms. The highest BCUT2D eigenvalue weighted by Gasteiger charge is 2.38. The van der Waals surface area contributed by atoms with Crippen molar-refractivity contribution in [3.05, 3.63) is 65.2 Å². The molecule has 2 aromatic rings. The van der Waals surface area contributed by atoms with Crippen LogP contribution < -0.4 is 9.47 Å². The van der Waals surface area contributed by atoms with E-state index in [1.54, 1.807) is 24.3 Å². The first-order valence-electron chi connectivity index (χ1n) is 10.3. The van der Waals surface area contributed by atoms with Gasteiger partial charge in [-0.05, 0) is 60.2 Å². The molecule has 0 radical (unpaired) electrons. The minimum absolute atomic E-state index is 0.0183. The number of carbonyl (C=O) groups is 1. The van der Waals surface area contributed by atoms with Crippen LogP contribution in [0.4, 0.5) is 0 Å². The van der Waals surface area contributed by atoms with Gasteiger partial charge >= 0.3 is 0 Å². The Hall–Kier alpha value is -3.44. The number of nitrogens with zero attached hydrogens (tertiary/aromatic N) is 3. The van der Waals surface area contributed by atoms with Gasteiger partial charge in [0.2, 0.25) is 19.4 Å². The molecule has 0 aliphatic carbocycles. The maximum atomic E-state index is 12.4. The number of aryl methyl sites for hydroxylation is 1.